The van der Waals surface area contributed by atoms with Gasteiger partial charge in [-0.3, -0.25) is 9.59 Å². The number of hydrogen-bond donors (Lipinski definition) is 1. The minimum Gasteiger partial charge on any atom is -0.381 e. The molecular formula is C22H21ClN2O4. The first-order valence-electron chi connectivity index (χ1n) is 9.63. The lowest BCUT2D eigenvalue weighted by Crippen LogP contribution is -2.29. The number of nitrogens with zero attached hydrogens (tertiary/aromatic N) is 1. The Labute approximate surface area is 172 Å². The number of carbonyl (C=O) groups is 1. The predicted molar refractivity (Wildman–Crippen MR) is 110 cm³/mol. The molecule has 0 saturated carbocycles. The Hall–Kier alpha value is -2.70. The van der Waals surface area contributed by atoms with Gasteiger partial charge in [0.25, 0.3) is 5.91 Å². The predicted octanol–water partition coefficient (Wildman–Crippen LogP) is 3.74. The lowest BCUT2D eigenvalue weighted by molar-refractivity contribution is 0.0665. The normalized spacial score (nSPS) is 14.8. The largest absolute Gasteiger partial charge is 0.381 e. The summed E-state index contributed by atoms with van der Waals surface area (Å²) in [5.74, 6) is -0.0253. The van der Waals surface area contributed by atoms with E-state index in [1.54, 1.807) is 18.2 Å². The van der Waals surface area contributed by atoms with Crippen LogP contribution in [0.2, 0.25) is 5.02 Å². The molecule has 1 N–H and O–H groups in total. The third-order valence-corrected chi connectivity index (χ3v) is 5.44. The summed E-state index contributed by atoms with van der Waals surface area (Å²) in [5, 5.41) is 7.44. The average molecular weight is 413 g/mol. The lowest BCUT2D eigenvalue weighted by atomic mass is 9.92. The van der Waals surface area contributed by atoms with E-state index < -0.39 is 11.3 Å². The first-order valence-corrected chi connectivity index (χ1v) is 10.0. The van der Waals surface area contributed by atoms with Crippen LogP contribution in [0.3, 0.4) is 0 Å². The van der Waals surface area contributed by atoms with Crippen molar-refractivity contribution >= 4 is 28.5 Å². The fraction of sp³-hybridized carbons (Fsp3) is 0.318. The molecule has 1 aliphatic rings. The van der Waals surface area contributed by atoms with Crippen LogP contribution in [0.1, 0.15) is 34.5 Å². The number of nitrogens with one attached hydrogen (secondary N) is 1. The minimum absolute atomic E-state index is 0.241. The van der Waals surface area contributed by atoms with Gasteiger partial charge in [-0.2, -0.15) is 0 Å². The van der Waals surface area contributed by atoms with E-state index in [0.717, 1.165) is 43.6 Å². The van der Waals surface area contributed by atoms with Gasteiger partial charge < -0.3 is 14.6 Å². The minimum atomic E-state index is -0.564. The van der Waals surface area contributed by atoms with E-state index in [1.807, 2.05) is 24.3 Å². The molecule has 1 aromatic heterocycles. The highest BCUT2D eigenvalue weighted by Crippen LogP contribution is 2.22. The van der Waals surface area contributed by atoms with Crippen molar-refractivity contribution in [2.45, 2.75) is 25.8 Å². The van der Waals surface area contributed by atoms with E-state index in [2.05, 4.69) is 10.5 Å². The monoisotopic (exact) mass is 412 g/mol. The molecule has 3 aromatic rings. The summed E-state index contributed by atoms with van der Waals surface area (Å²) in [7, 11) is 0. The van der Waals surface area contributed by atoms with Crippen LogP contribution in [0.25, 0.3) is 11.0 Å². The Morgan fingerprint density at radius 3 is 2.59 bits per heavy atom. The Balaban J connectivity index is 1.52. The van der Waals surface area contributed by atoms with Crippen molar-refractivity contribution in [1.82, 2.24) is 10.5 Å². The van der Waals surface area contributed by atoms with Crippen molar-refractivity contribution in [1.29, 1.82) is 0 Å². The van der Waals surface area contributed by atoms with Crippen LogP contribution in [0.5, 0.6) is 0 Å². The van der Waals surface area contributed by atoms with Gasteiger partial charge >= 0.3 is 0 Å². The maximum atomic E-state index is 12.8. The molecule has 1 fully saturated rings. The van der Waals surface area contributed by atoms with E-state index in [9.17, 15) is 9.59 Å². The topological polar surface area (TPSA) is 81.4 Å². The summed E-state index contributed by atoms with van der Waals surface area (Å²) in [6.45, 7) is 1.82. The van der Waals surface area contributed by atoms with Gasteiger partial charge in [-0.05, 0) is 60.6 Å². The zero-order chi connectivity index (χ0) is 20.2. The van der Waals surface area contributed by atoms with Crippen LogP contribution in [0.4, 0.5) is 0 Å². The maximum Gasteiger partial charge on any atom is 0.277 e. The van der Waals surface area contributed by atoms with Crippen molar-refractivity contribution in [2.24, 2.45) is 5.92 Å². The van der Waals surface area contributed by atoms with Gasteiger partial charge in [0.15, 0.2) is 5.58 Å². The SMILES string of the molecule is O=C(NCc1ccc(Cl)cc1)c1noc2ccc(CC3CCOCC3)cc2c1=O. The summed E-state index contributed by atoms with van der Waals surface area (Å²) >= 11 is 5.86. The molecule has 0 aliphatic carbocycles. The van der Waals surface area contributed by atoms with Gasteiger partial charge in [-0.25, -0.2) is 0 Å². The van der Waals surface area contributed by atoms with Gasteiger partial charge in [-0.1, -0.05) is 35.0 Å². The smallest absolute Gasteiger partial charge is 0.277 e. The van der Waals surface area contributed by atoms with Gasteiger partial charge in [0.05, 0.1) is 5.39 Å². The third-order valence-electron chi connectivity index (χ3n) is 5.19. The molecule has 2 heterocycles. The molecule has 0 spiro atoms. The Bertz CT molecular complexity index is 1070. The summed E-state index contributed by atoms with van der Waals surface area (Å²) in [6, 6.07) is 12.6. The van der Waals surface area contributed by atoms with E-state index in [0.29, 0.717) is 21.9 Å². The summed E-state index contributed by atoms with van der Waals surface area (Å²) < 4.78 is 10.7. The number of rotatable bonds is 5. The van der Waals surface area contributed by atoms with Crippen LogP contribution in [0, 0.1) is 5.92 Å². The van der Waals surface area contributed by atoms with Crippen molar-refractivity contribution in [3.63, 3.8) is 0 Å². The average Bonchev–Trinajstić information content (AvgIpc) is 2.74. The number of amides is 1. The van der Waals surface area contributed by atoms with Crippen LogP contribution in [0.15, 0.2) is 51.8 Å². The highest BCUT2D eigenvalue weighted by Gasteiger charge is 2.18. The molecule has 0 atom stereocenters. The lowest BCUT2D eigenvalue weighted by Gasteiger charge is -2.21. The second kappa shape index (κ2) is 8.76. The molecule has 7 heteroatoms. The van der Waals surface area contributed by atoms with Crippen LogP contribution < -0.4 is 10.7 Å². The second-order valence-corrected chi connectivity index (χ2v) is 7.70. The molecule has 1 saturated heterocycles. The molecule has 29 heavy (non-hydrogen) atoms. The highest BCUT2D eigenvalue weighted by atomic mass is 35.5. The highest BCUT2D eigenvalue weighted by molar-refractivity contribution is 6.30. The van der Waals surface area contributed by atoms with Crippen molar-refractivity contribution < 1.29 is 14.1 Å². The molecule has 6 nitrogen and oxygen atoms in total. The fourth-order valence-electron chi connectivity index (χ4n) is 3.52. The number of fused-ring (bicyclic) bond motifs is 1. The number of ether oxygens (including phenoxy) is 1. The van der Waals surface area contributed by atoms with E-state index in [1.165, 1.54) is 0 Å². The number of hydrogen-bond acceptors (Lipinski definition) is 5. The third kappa shape index (κ3) is 4.66. The van der Waals surface area contributed by atoms with Gasteiger partial charge in [0, 0.05) is 24.8 Å². The molecular weight excluding hydrogens is 392 g/mol. The standard InChI is InChI=1S/C22H21ClN2O4/c23-17-4-1-15(2-5-17)13-24-22(27)20-21(26)18-12-16(3-6-19(18)29-25-20)11-14-7-9-28-10-8-14/h1-6,12,14H,7-11,13H2,(H,24,27). The zero-order valence-electron chi connectivity index (χ0n) is 15.8. The molecule has 2 aromatic carbocycles. The van der Waals surface area contributed by atoms with E-state index in [-0.39, 0.29) is 12.2 Å². The van der Waals surface area contributed by atoms with Crippen molar-refractivity contribution in [3.05, 3.63) is 74.5 Å². The summed E-state index contributed by atoms with van der Waals surface area (Å²) in [5.41, 5.74) is 1.63. The Morgan fingerprint density at radius 2 is 1.83 bits per heavy atom. The van der Waals surface area contributed by atoms with Crippen LogP contribution in [-0.4, -0.2) is 24.3 Å². The number of halogens is 1. The molecule has 1 amide bonds. The fourth-order valence-corrected chi connectivity index (χ4v) is 3.65. The molecule has 0 bridgehead atoms. The van der Waals surface area contributed by atoms with Crippen LogP contribution in [-0.2, 0) is 17.7 Å². The van der Waals surface area contributed by atoms with Gasteiger partial charge in [0.1, 0.15) is 0 Å². The summed E-state index contributed by atoms with van der Waals surface area (Å²) in [6.07, 6.45) is 2.90. The van der Waals surface area contributed by atoms with Crippen molar-refractivity contribution in [2.75, 3.05) is 13.2 Å². The van der Waals surface area contributed by atoms with E-state index in [4.69, 9.17) is 20.9 Å². The van der Waals surface area contributed by atoms with Gasteiger partial charge in [0.2, 0.25) is 11.1 Å². The number of carbonyl (C=O) groups excluding carboxylic acids is 1. The Morgan fingerprint density at radius 1 is 1.10 bits per heavy atom. The van der Waals surface area contributed by atoms with Crippen molar-refractivity contribution in [3.8, 4) is 0 Å². The van der Waals surface area contributed by atoms with Gasteiger partial charge in [-0.15, -0.1) is 0 Å². The molecule has 4 rings (SSSR count). The molecule has 0 unspecified atom stereocenters. The number of aromatic nitrogens is 1. The first kappa shape index (κ1) is 19.6. The zero-order valence-corrected chi connectivity index (χ0v) is 16.6. The Kier molecular flexibility index (Phi) is 5.92. The van der Waals surface area contributed by atoms with E-state index >= 15 is 0 Å². The molecule has 150 valence electrons. The second-order valence-electron chi connectivity index (χ2n) is 7.26. The molecule has 0 radical (unpaired) electrons. The first-order chi connectivity index (χ1) is 14.1. The van der Waals surface area contributed by atoms with Crippen LogP contribution >= 0.6 is 11.6 Å². The quantitative estimate of drug-likeness (QED) is 0.690. The number of benzene rings is 2. The summed E-state index contributed by atoms with van der Waals surface area (Å²) in [4.78, 5) is 25.3. The molecule has 1 aliphatic heterocycles. The maximum absolute atomic E-state index is 12.8.